The highest BCUT2D eigenvalue weighted by molar-refractivity contribution is 6.02. The van der Waals surface area contributed by atoms with Crippen LogP contribution in [0.1, 0.15) is 18.1 Å². The lowest BCUT2D eigenvalue weighted by Crippen LogP contribution is -2.09. The third-order valence-electron chi connectivity index (χ3n) is 4.95. The molecule has 0 radical (unpaired) electrons. The van der Waals surface area contributed by atoms with Crippen molar-refractivity contribution in [2.24, 2.45) is 0 Å². The largest absolute Gasteiger partial charge is 0.322 e. The molecule has 0 spiro atoms. The number of para-hydroxylation sites is 2. The Bertz CT molecular complexity index is 1210. The van der Waals surface area contributed by atoms with Gasteiger partial charge in [0.05, 0.1) is 11.4 Å². The summed E-state index contributed by atoms with van der Waals surface area (Å²) in [5, 5.41) is 7.62. The molecular weight excluding hydrogens is 389 g/mol. The average Bonchev–Trinajstić information content (AvgIpc) is 3.23. The summed E-state index contributed by atoms with van der Waals surface area (Å²) >= 11 is 0. The van der Waals surface area contributed by atoms with Crippen LogP contribution in [0.15, 0.2) is 91.1 Å². The van der Waals surface area contributed by atoms with Crippen molar-refractivity contribution in [3.63, 3.8) is 0 Å². The molecule has 4 rings (SSSR count). The van der Waals surface area contributed by atoms with Crippen LogP contribution >= 0.6 is 0 Å². The zero-order valence-electron chi connectivity index (χ0n) is 17.1. The van der Waals surface area contributed by atoms with E-state index in [-0.39, 0.29) is 11.7 Å². The summed E-state index contributed by atoms with van der Waals surface area (Å²) in [5.74, 6) is -0.532. The topological polar surface area (TPSA) is 46.9 Å². The summed E-state index contributed by atoms with van der Waals surface area (Å²) in [6.45, 7) is 2.05. The fourth-order valence-electron chi connectivity index (χ4n) is 3.34. The Labute approximate surface area is 180 Å². The Hall–Kier alpha value is -3.99. The van der Waals surface area contributed by atoms with Gasteiger partial charge in [-0.1, -0.05) is 43.3 Å². The van der Waals surface area contributed by atoms with Crippen LogP contribution in [0.4, 0.5) is 10.1 Å². The van der Waals surface area contributed by atoms with Crippen LogP contribution in [0.5, 0.6) is 0 Å². The Morgan fingerprint density at radius 3 is 2.45 bits per heavy atom. The molecule has 3 aromatic carbocycles. The molecule has 0 saturated heterocycles. The first-order valence-corrected chi connectivity index (χ1v) is 10.1. The van der Waals surface area contributed by atoms with Gasteiger partial charge in [-0.2, -0.15) is 5.10 Å². The minimum Gasteiger partial charge on any atom is -0.322 e. The minimum atomic E-state index is -0.308. The third-order valence-corrected chi connectivity index (χ3v) is 4.95. The van der Waals surface area contributed by atoms with E-state index in [9.17, 15) is 9.18 Å². The molecular formula is C26H22FN3O. The second kappa shape index (κ2) is 9.22. The number of amides is 1. The van der Waals surface area contributed by atoms with Crippen molar-refractivity contribution in [3.8, 4) is 16.9 Å². The van der Waals surface area contributed by atoms with Crippen molar-refractivity contribution in [1.29, 1.82) is 0 Å². The van der Waals surface area contributed by atoms with E-state index < -0.39 is 0 Å². The molecule has 4 aromatic rings. The van der Waals surface area contributed by atoms with E-state index in [2.05, 4.69) is 10.4 Å². The molecule has 1 N–H and O–H groups in total. The maximum atomic E-state index is 13.4. The van der Waals surface area contributed by atoms with Crippen LogP contribution in [-0.2, 0) is 11.2 Å². The van der Waals surface area contributed by atoms with E-state index in [0.717, 1.165) is 34.5 Å². The smallest absolute Gasteiger partial charge is 0.248 e. The molecule has 0 aliphatic rings. The molecule has 1 aromatic heterocycles. The molecule has 0 saturated carbocycles. The molecule has 1 amide bonds. The van der Waals surface area contributed by atoms with Gasteiger partial charge in [-0.05, 0) is 60.5 Å². The third kappa shape index (κ3) is 4.78. The van der Waals surface area contributed by atoms with E-state index in [1.54, 1.807) is 22.9 Å². The van der Waals surface area contributed by atoms with Gasteiger partial charge in [0.15, 0.2) is 0 Å². The number of carbonyl (C=O) groups excluding carboxylic acids is 1. The lowest BCUT2D eigenvalue weighted by Gasteiger charge is -2.07. The van der Waals surface area contributed by atoms with Gasteiger partial charge in [-0.15, -0.1) is 0 Å². The SMILES string of the molecule is CCc1ccccc1NC(=O)/C=C/c1cn(-c2ccccc2)nc1-c1ccc(F)cc1. The Kier molecular flexibility index (Phi) is 6.03. The Balaban J connectivity index is 1.65. The van der Waals surface area contributed by atoms with E-state index >= 15 is 0 Å². The first-order chi connectivity index (χ1) is 15.1. The highest BCUT2D eigenvalue weighted by atomic mass is 19.1. The molecule has 5 heteroatoms. The van der Waals surface area contributed by atoms with Gasteiger partial charge < -0.3 is 5.32 Å². The fourth-order valence-corrected chi connectivity index (χ4v) is 3.34. The van der Waals surface area contributed by atoms with Crippen molar-refractivity contribution < 1.29 is 9.18 Å². The van der Waals surface area contributed by atoms with E-state index in [4.69, 9.17) is 0 Å². The molecule has 4 nitrogen and oxygen atoms in total. The number of aromatic nitrogens is 2. The number of hydrogen-bond acceptors (Lipinski definition) is 2. The zero-order chi connectivity index (χ0) is 21.6. The highest BCUT2D eigenvalue weighted by Crippen LogP contribution is 2.25. The van der Waals surface area contributed by atoms with Crippen molar-refractivity contribution in [2.75, 3.05) is 5.32 Å². The van der Waals surface area contributed by atoms with Gasteiger partial charge in [0.1, 0.15) is 5.82 Å². The summed E-state index contributed by atoms with van der Waals surface area (Å²) < 4.78 is 15.2. The van der Waals surface area contributed by atoms with Crippen LogP contribution in [0, 0.1) is 5.82 Å². The molecule has 1 heterocycles. The Morgan fingerprint density at radius 2 is 1.71 bits per heavy atom. The quantitative estimate of drug-likeness (QED) is 0.402. The predicted molar refractivity (Wildman–Crippen MR) is 122 cm³/mol. The normalized spacial score (nSPS) is 11.0. The van der Waals surface area contributed by atoms with Gasteiger partial charge in [0.2, 0.25) is 5.91 Å². The number of benzene rings is 3. The first-order valence-electron chi connectivity index (χ1n) is 10.1. The molecule has 0 aliphatic heterocycles. The maximum absolute atomic E-state index is 13.4. The molecule has 0 unspecified atom stereocenters. The number of nitrogens with zero attached hydrogens (tertiary/aromatic N) is 2. The number of hydrogen-bond donors (Lipinski definition) is 1. The van der Waals surface area contributed by atoms with Gasteiger partial charge in [-0.3, -0.25) is 4.79 Å². The molecule has 0 fully saturated rings. The van der Waals surface area contributed by atoms with Crippen LogP contribution < -0.4 is 5.32 Å². The van der Waals surface area contributed by atoms with Crippen LogP contribution in [0.3, 0.4) is 0 Å². The van der Waals surface area contributed by atoms with Gasteiger partial charge >= 0.3 is 0 Å². The van der Waals surface area contributed by atoms with Gasteiger partial charge in [0.25, 0.3) is 0 Å². The van der Waals surface area contributed by atoms with Crippen LogP contribution in [-0.4, -0.2) is 15.7 Å². The second-order valence-corrected chi connectivity index (χ2v) is 7.05. The number of anilines is 1. The fraction of sp³-hybridized carbons (Fsp3) is 0.0769. The highest BCUT2D eigenvalue weighted by Gasteiger charge is 2.11. The van der Waals surface area contributed by atoms with Crippen molar-refractivity contribution in [3.05, 3.63) is 108 Å². The molecule has 31 heavy (non-hydrogen) atoms. The van der Waals surface area contributed by atoms with E-state index in [0.29, 0.717) is 5.69 Å². The molecule has 154 valence electrons. The zero-order valence-corrected chi connectivity index (χ0v) is 17.1. The Morgan fingerprint density at radius 1 is 1.00 bits per heavy atom. The first kappa shape index (κ1) is 20.3. The summed E-state index contributed by atoms with van der Waals surface area (Å²) in [6.07, 6.45) is 5.91. The summed E-state index contributed by atoms with van der Waals surface area (Å²) in [7, 11) is 0. The average molecular weight is 411 g/mol. The summed E-state index contributed by atoms with van der Waals surface area (Å²) in [6, 6.07) is 23.6. The summed E-state index contributed by atoms with van der Waals surface area (Å²) in [4.78, 5) is 12.5. The van der Waals surface area contributed by atoms with Gasteiger partial charge in [0, 0.05) is 29.1 Å². The lowest BCUT2D eigenvalue weighted by molar-refractivity contribution is -0.111. The monoisotopic (exact) mass is 411 g/mol. The van der Waals surface area contributed by atoms with Crippen molar-refractivity contribution >= 4 is 17.7 Å². The molecule has 0 aliphatic carbocycles. The van der Waals surface area contributed by atoms with Crippen molar-refractivity contribution in [1.82, 2.24) is 9.78 Å². The maximum Gasteiger partial charge on any atom is 0.248 e. The summed E-state index contributed by atoms with van der Waals surface area (Å²) in [5.41, 5.74) is 4.97. The second-order valence-electron chi connectivity index (χ2n) is 7.05. The standard InChI is InChI=1S/C26H22FN3O/c1-2-19-8-6-7-11-24(19)28-25(31)17-14-21-18-30(23-9-4-3-5-10-23)29-26(21)20-12-15-22(27)16-13-20/h3-18H,2H2,1H3,(H,28,31)/b17-14+. The molecule has 0 atom stereocenters. The number of nitrogens with one attached hydrogen (secondary N) is 1. The number of rotatable bonds is 6. The minimum absolute atomic E-state index is 0.224. The van der Waals surface area contributed by atoms with Gasteiger partial charge in [-0.25, -0.2) is 9.07 Å². The number of halogens is 1. The molecule has 0 bridgehead atoms. The van der Waals surface area contributed by atoms with Crippen molar-refractivity contribution in [2.45, 2.75) is 13.3 Å². The predicted octanol–water partition coefficient (Wildman–Crippen LogP) is 5.89. The number of aryl methyl sites for hydroxylation is 1. The van der Waals surface area contributed by atoms with Crippen LogP contribution in [0.2, 0.25) is 0 Å². The lowest BCUT2D eigenvalue weighted by atomic mass is 10.1. The number of carbonyl (C=O) groups is 1. The van der Waals surface area contributed by atoms with Crippen LogP contribution in [0.25, 0.3) is 23.0 Å². The van der Waals surface area contributed by atoms with E-state index in [1.165, 1.54) is 18.2 Å². The van der Waals surface area contributed by atoms with E-state index in [1.807, 2.05) is 67.7 Å².